The third kappa shape index (κ3) is 5.37. The molecule has 3 aliphatic rings. The summed E-state index contributed by atoms with van der Waals surface area (Å²) in [5, 5.41) is 8.23. The average Bonchev–Trinajstić information content (AvgIpc) is 3.29. The summed E-state index contributed by atoms with van der Waals surface area (Å²) >= 11 is 5.92. The van der Waals surface area contributed by atoms with E-state index in [0.717, 1.165) is 67.6 Å². The highest BCUT2D eigenvalue weighted by molar-refractivity contribution is 7.80. The second kappa shape index (κ2) is 8.52. The lowest BCUT2D eigenvalue weighted by Gasteiger charge is -2.47. The van der Waals surface area contributed by atoms with Crippen molar-refractivity contribution < 1.29 is 14.2 Å². The van der Waals surface area contributed by atoms with Crippen LogP contribution in [0.15, 0.2) is 18.2 Å². The van der Waals surface area contributed by atoms with Gasteiger partial charge < -0.3 is 29.7 Å². The zero-order valence-corrected chi connectivity index (χ0v) is 19.4. The number of thiocarbonyl (C=S) groups is 1. The number of fused-ring (bicyclic) bond motifs is 1. The van der Waals surface area contributed by atoms with Crippen molar-refractivity contribution in [2.45, 2.75) is 83.1 Å². The van der Waals surface area contributed by atoms with E-state index in [0.29, 0.717) is 12.8 Å². The fourth-order valence-electron chi connectivity index (χ4n) is 5.20. The molecule has 1 atom stereocenters. The van der Waals surface area contributed by atoms with Crippen molar-refractivity contribution in [2.75, 3.05) is 19.9 Å². The van der Waals surface area contributed by atoms with E-state index in [1.807, 2.05) is 6.07 Å². The summed E-state index contributed by atoms with van der Waals surface area (Å²) in [7, 11) is 0. The van der Waals surface area contributed by atoms with Crippen LogP contribution in [0.25, 0.3) is 0 Å². The highest BCUT2D eigenvalue weighted by atomic mass is 32.1. The third-order valence-electron chi connectivity index (χ3n) is 6.06. The average molecular weight is 434 g/mol. The number of ether oxygens (including phenoxy) is 3. The zero-order chi connectivity index (χ0) is 21.4. The first-order chi connectivity index (χ1) is 14.2. The fourth-order valence-corrected chi connectivity index (χ4v) is 5.51. The lowest BCUT2D eigenvalue weighted by atomic mass is 9.80. The summed E-state index contributed by atoms with van der Waals surface area (Å²) in [6.07, 6.45) is 4.52. The molecule has 0 bridgehead atoms. The number of hydrogen-bond acceptors (Lipinski definition) is 5. The van der Waals surface area contributed by atoms with Gasteiger partial charge in [-0.25, -0.2) is 0 Å². The fraction of sp³-hybridized carbons (Fsp3) is 0.696. The van der Waals surface area contributed by atoms with E-state index in [9.17, 15) is 0 Å². The van der Waals surface area contributed by atoms with Crippen LogP contribution in [0.3, 0.4) is 0 Å². The molecule has 3 heterocycles. The van der Waals surface area contributed by atoms with Crippen LogP contribution in [0, 0.1) is 0 Å². The van der Waals surface area contributed by atoms with E-state index in [1.165, 1.54) is 0 Å². The quantitative estimate of drug-likeness (QED) is 0.689. The largest absolute Gasteiger partial charge is 0.454 e. The lowest BCUT2D eigenvalue weighted by molar-refractivity contribution is 0.0886. The molecule has 1 aromatic rings. The summed E-state index contributed by atoms with van der Waals surface area (Å²) in [5.74, 6) is 1.62. The van der Waals surface area contributed by atoms with Crippen LogP contribution in [-0.2, 0) is 11.3 Å². The monoisotopic (exact) mass is 433 g/mol. The second-order valence-electron chi connectivity index (χ2n) is 10.2. The Hall–Kier alpha value is -1.57. The highest BCUT2D eigenvalue weighted by Crippen LogP contribution is 2.33. The van der Waals surface area contributed by atoms with Crippen molar-refractivity contribution in [1.29, 1.82) is 0 Å². The number of hydrogen-bond donors (Lipinski definition) is 2. The molecule has 6 nitrogen and oxygen atoms in total. The van der Waals surface area contributed by atoms with Gasteiger partial charge in [-0.15, -0.1) is 0 Å². The van der Waals surface area contributed by atoms with E-state index >= 15 is 0 Å². The first-order valence-corrected chi connectivity index (χ1v) is 11.4. The maximum atomic E-state index is 5.92. The van der Waals surface area contributed by atoms with Crippen molar-refractivity contribution >= 4 is 17.3 Å². The van der Waals surface area contributed by atoms with Crippen molar-refractivity contribution in [3.8, 4) is 11.5 Å². The Morgan fingerprint density at radius 2 is 1.90 bits per heavy atom. The normalized spacial score (nSPS) is 24.6. The van der Waals surface area contributed by atoms with Crippen LogP contribution < -0.4 is 20.1 Å². The lowest BCUT2D eigenvalue weighted by Crippen LogP contribution is -2.63. The summed E-state index contributed by atoms with van der Waals surface area (Å²) in [5.41, 5.74) is 1.31. The Kier molecular flexibility index (Phi) is 6.15. The number of benzene rings is 1. The highest BCUT2D eigenvalue weighted by Gasteiger charge is 2.38. The minimum atomic E-state index is 0.0751. The molecule has 2 fully saturated rings. The number of piperidine rings is 1. The van der Waals surface area contributed by atoms with Crippen molar-refractivity contribution in [3.05, 3.63) is 23.8 Å². The predicted octanol–water partition coefficient (Wildman–Crippen LogP) is 3.58. The van der Waals surface area contributed by atoms with Crippen LogP contribution >= 0.6 is 12.2 Å². The number of rotatable bonds is 5. The summed E-state index contributed by atoms with van der Waals surface area (Å²) < 4.78 is 16.9. The van der Waals surface area contributed by atoms with Gasteiger partial charge >= 0.3 is 0 Å². The van der Waals surface area contributed by atoms with Gasteiger partial charge in [0.15, 0.2) is 16.6 Å². The maximum absolute atomic E-state index is 5.92. The van der Waals surface area contributed by atoms with E-state index in [1.54, 1.807) is 0 Å². The van der Waals surface area contributed by atoms with E-state index < -0.39 is 0 Å². The van der Waals surface area contributed by atoms with Gasteiger partial charge in [0.1, 0.15) is 0 Å². The van der Waals surface area contributed by atoms with Crippen molar-refractivity contribution in [1.82, 2.24) is 15.5 Å². The van der Waals surface area contributed by atoms with Crippen molar-refractivity contribution in [2.24, 2.45) is 0 Å². The molecule has 0 aromatic heterocycles. The molecule has 30 heavy (non-hydrogen) atoms. The molecule has 7 heteroatoms. The molecule has 166 valence electrons. The SMILES string of the molecule is CC1(C)CC(NC(=S)N(Cc2ccc3c(c2)OCO3)CC2CCCO2)CC(C)(C)N1. The molecule has 0 radical (unpaired) electrons. The Morgan fingerprint density at radius 3 is 2.60 bits per heavy atom. The van der Waals surface area contributed by atoms with Crippen LogP contribution in [0.5, 0.6) is 11.5 Å². The minimum absolute atomic E-state index is 0.0751. The standard InChI is InChI=1S/C23H35N3O3S/c1-22(2)11-17(12-23(3,4)25-22)24-21(30)26(14-18-6-5-9-27-18)13-16-7-8-19-20(10-16)29-15-28-19/h7-8,10,17-18,25H,5-6,9,11-15H2,1-4H3,(H,24,30). The summed E-state index contributed by atoms with van der Waals surface area (Å²) in [4.78, 5) is 2.25. The topological polar surface area (TPSA) is 55.0 Å². The minimum Gasteiger partial charge on any atom is -0.454 e. The third-order valence-corrected chi connectivity index (χ3v) is 6.44. The molecule has 0 saturated carbocycles. The van der Waals surface area contributed by atoms with E-state index in [-0.39, 0.29) is 17.2 Å². The zero-order valence-electron chi connectivity index (χ0n) is 18.6. The second-order valence-corrected chi connectivity index (χ2v) is 10.5. The van der Waals surface area contributed by atoms with Gasteiger partial charge in [0, 0.05) is 36.8 Å². The smallest absolute Gasteiger partial charge is 0.231 e. The molecule has 3 aliphatic heterocycles. The molecule has 4 rings (SSSR count). The number of nitrogens with zero attached hydrogens (tertiary/aromatic N) is 1. The molecule has 2 N–H and O–H groups in total. The molecule has 0 aliphatic carbocycles. The van der Waals surface area contributed by atoms with Gasteiger partial charge in [-0.3, -0.25) is 0 Å². The first-order valence-electron chi connectivity index (χ1n) is 11.0. The Balaban J connectivity index is 1.46. The molecule has 1 aromatic carbocycles. The van der Waals surface area contributed by atoms with E-state index in [4.69, 9.17) is 26.4 Å². The Bertz CT molecular complexity index is 761. The van der Waals surface area contributed by atoms with Crippen LogP contribution in [-0.4, -0.2) is 53.2 Å². The van der Waals surface area contributed by atoms with Gasteiger partial charge in [-0.1, -0.05) is 6.07 Å². The predicted molar refractivity (Wildman–Crippen MR) is 122 cm³/mol. The summed E-state index contributed by atoms with van der Waals surface area (Å²) in [6, 6.07) is 6.48. The molecular weight excluding hydrogens is 398 g/mol. The molecule has 0 amide bonds. The Morgan fingerprint density at radius 1 is 1.17 bits per heavy atom. The maximum Gasteiger partial charge on any atom is 0.231 e. The van der Waals surface area contributed by atoms with Gasteiger partial charge in [0.25, 0.3) is 0 Å². The van der Waals surface area contributed by atoms with Gasteiger partial charge in [-0.05, 0) is 83.3 Å². The van der Waals surface area contributed by atoms with Gasteiger partial charge in [0.2, 0.25) is 6.79 Å². The first kappa shape index (κ1) is 21.7. The van der Waals surface area contributed by atoms with Crippen LogP contribution in [0.2, 0.25) is 0 Å². The van der Waals surface area contributed by atoms with Crippen LogP contribution in [0.1, 0.15) is 58.9 Å². The van der Waals surface area contributed by atoms with Crippen molar-refractivity contribution in [3.63, 3.8) is 0 Å². The molecule has 1 unspecified atom stereocenters. The van der Waals surface area contributed by atoms with Gasteiger partial charge in [0.05, 0.1) is 6.10 Å². The molecule has 0 spiro atoms. The molecular formula is C23H35N3O3S. The van der Waals surface area contributed by atoms with Crippen LogP contribution in [0.4, 0.5) is 0 Å². The summed E-state index contributed by atoms with van der Waals surface area (Å²) in [6.45, 7) is 11.7. The van der Waals surface area contributed by atoms with E-state index in [2.05, 4.69) is 55.4 Å². The Labute approximate surface area is 185 Å². The van der Waals surface area contributed by atoms with Gasteiger partial charge in [-0.2, -0.15) is 0 Å². The molecule has 2 saturated heterocycles. The number of nitrogens with one attached hydrogen (secondary N) is 2.